The zero-order valence-corrected chi connectivity index (χ0v) is 15.5. The number of thiophene rings is 1. The number of rotatable bonds is 4. The van der Waals surface area contributed by atoms with Crippen LogP contribution in [0.4, 0.5) is 0 Å². The number of hydrogen-bond donors (Lipinski definition) is 1. The Morgan fingerprint density at radius 2 is 2.16 bits per heavy atom. The molecule has 1 aliphatic rings. The lowest BCUT2D eigenvalue weighted by Crippen LogP contribution is -2.30. The molecular weight excluding hydrogens is 382 g/mol. The number of hydrogen-bond acceptors (Lipinski definition) is 5. The van der Waals surface area contributed by atoms with E-state index in [1.165, 1.54) is 8.71 Å². The average Bonchev–Trinajstić information content (AvgIpc) is 3.31. The highest BCUT2D eigenvalue weighted by atomic mass is 35.5. The van der Waals surface area contributed by atoms with E-state index >= 15 is 0 Å². The molecule has 2 atom stereocenters. The summed E-state index contributed by atoms with van der Waals surface area (Å²) in [5, 5.41) is 13.6. The Labute approximate surface area is 154 Å². The molecule has 4 heterocycles. The fraction of sp³-hybridized carbons (Fsp3) is 0.312. The number of sulfonamides is 1. The summed E-state index contributed by atoms with van der Waals surface area (Å²) in [4.78, 5) is 4.13. The fourth-order valence-electron chi connectivity index (χ4n) is 3.37. The molecule has 0 spiro atoms. The smallest absolute Gasteiger partial charge is 0.262 e. The molecule has 3 aromatic rings. The van der Waals surface area contributed by atoms with Gasteiger partial charge in [0.25, 0.3) is 10.0 Å². The van der Waals surface area contributed by atoms with E-state index in [2.05, 4.69) is 4.98 Å². The van der Waals surface area contributed by atoms with Gasteiger partial charge in [0, 0.05) is 37.7 Å². The van der Waals surface area contributed by atoms with Crippen molar-refractivity contribution in [3.63, 3.8) is 0 Å². The molecule has 0 radical (unpaired) electrons. The van der Waals surface area contributed by atoms with Crippen molar-refractivity contribution >= 4 is 38.6 Å². The second kappa shape index (κ2) is 6.37. The van der Waals surface area contributed by atoms with Crippen molar-refractivity contribution < 1.29 is 13.5 Å². The molecule has 3 aromatic heterocycles. The minimum Gasteiger partial charge on any atom is -0.396 e. The summed E-state index contributed by atoms with van der Waals surface area (Å²) in [6.45, 7) is 0.518. The van der Waals surface area contributed by atoms with Crippen LogP contribution in [0.1, 0.15) is 11.5 Å². The number of imidazole rings is 1. The second-order valence-corrected chi connectivity index (χ2v) is 9.06. The SMILES string of the molecule is O=S(=O)(c1c(Cl)nc2ccccn12)N1C[C@H](CO)[C@@H](c2ccsc2)C1. The summed E-state index contributed by atoms with van der Waals surface area (Å²) in [7, 11) is -3.83. The van der Waals surface area contributed by atoms with Gasteiger partial charge in [-0.1, -0.05) is 17.7 Å². The highest BCUT2D eigenvalue weighted by Gasteiger charge is 2.41. The lowest BCUT2D eigenvalue weighted by Gasteiger charge is -2.16. The van der Waals surface area contributed by atoms with Crippen LogP contribution in [-0.2, 0) is 10.0 Å². The van der Waals surface area contributed by atoms with Crippen molar-refractivity contribution in [2.24, 2.45) is 5.92 Å². The van der Waals surface area contributed by atoms with Gasteiger partial charge < -0.3 is 5.11 Å². The van der Waals surface area contributed by atoms with Crippen molar-refractivity contribution in [1.29, 1.82) is 0 Å². The molecule has 0 aliphatic carbocycles. The molecule has 0 aromatic carbocycles. The summed E-state index contributed by atoms with van der Waals surface area (Å²) in [5.41, 5.74) is 1.55. The van der Waals surface area contributed by atoms with Crippen LogP contribution >= 0.6 is 22.9 Å². The number of nitrogens with zero attached hydrogens (tertiary/aromatic N) is 3. The summed E-state index contributed by atoms with van der Waals surface area (Å²) >= 11 is 7.72. The second-order valence-electron chi connectivity index (χ2n) is 6.06. The van der Waals surface area contributed by atoms with E-state index in [9.17, 15) is 13.5 Å². The molecule has 1 N–H and O–H groups in total. The Hall–Kier alpha value is -1.45. The van der Waals surface area contributed by atoms with E-state index in [4.69, 9.17) is 11.6 Å². The molecule has 1 aliphatic heterocycles. The Kier molecular flexibility index (Phi) is 4.33. The van der Waals surface area contributed by atoms with Crippen LogP contribution < -0.4 is 0 Å². The highest BCUT2D eigenvalue weighted by molar-refractivity contribution is 7.89. The number of aromatic nitrogens is 2. The number of halogens is 1. The monoisotopic (exact) mass is 397 g/mol. The molecule has 4 rings (SSSR count). The highest BCUT2D eigenvalue weighted by Crippen LogP contribution is 2.37. The molecule has 132 valence electrons. The molecule has 0 unspecified atom stereocenters. The maximum atomic E-state index is 13.2. The Bertz CT molecular complexity index is 1000. The van der Waals surface area contributed by atoms with Gasteiger partial charge in [-0.3, -0.25) is 4.40 Å². The predicted octanol–water partition coefficient (Wildman–Crippen LogP) is 2.45. The lowest BCUT2D eigenvalue weighted by atomic mass is 9.92. The molecule has 6 nitrogen and oxygen atoms in total. The Balaban J connectivity index is 1.74. The van der Waals surface area contributed by atoms with Gasteiger partial charge in [0.05, 0.1) is 0 Å². The van der Waals surface area contributed by atoms with E-state index in [0.29, 0.717) is 12.2 Å². The summed E-state index contributed by atoms with van der Waals surface area (Å²) in [5.74, 6) is -0.161. The van der Waals surface area contributed by atoms with Gasteiger partial charge in [0.1, 0.15) is 5.65 Å². The van der Waals surface area contributed by atoms with E-state index in [1.807, 2.05) is 16.8 Å². The van der Waals surface area contributed by atoms with Crippen molar-refractivity contribution in [2.75, 3.05) is 19.7 Å². The van der Waals surface area contributed by atoms with Crippen LogP contribution in [0.3, 0.4) is 0 Å². The first kappa shape index (κ1) is 17.0. The zero-order valence-electron chi connectivity index (χ0n) is 13.1. The first-order valence-electron chi connectivity index (χ1n) is 7.78. The van der Waals surface area contributed by atoms with Gasteiger partial charge in [-0.25, -0.2) is 13.4 Å². The number of aliphatic hydroxyl groups is 1. The van der Waals surface area contributed by atoms with Crippen LogP contribution in [0.25, 0.3) is 5.65 Å². The molecular formula is C16H16ClN3O3S2. The minimum absolute atomic E-state index is 0.0209. The number of fused-ring (bicyclic) bond motifs is 1. The summed E-state index contributed by atoms with van der Waals surface area (Å²) in [6, 6.07) is 7.20. The lowest BCUT2D eigenvalue weighted by molar-refractivity contribution is 0.223. The van der Waals surface area contributed by atoms with Crippen LogP contribution in [0, 0.1) is 5.92 Å². The van der Waals surface area contributed by atoms with Gasteiger partial charge in [-0.2, -0.15) is 15.6 Å². The summed E-state index contributed by atoms with van der Waals surface area (Å²) in [6.07, 6.45) is 1.64. The van der Waals surface area contributed by atoms with E-state index < -0.39 is 10.0 Å². The molecule has 0 amide bonds. The first-order chi connectivity index (χ1) is 12.0. The molecule has 9 heteroatoms. The molecule has 25 heavy (non-hydrogen) atoms. The van der Waals surface area contributed by atoms with Gasteiger partial charge in [0.2, 0.25) is 0 Å². The number of pyridine rings is 1. The maximum absolute atomic E-state index is 13.2. The van der Waals surface area contributed by atoms with Crippen molar-refractivity contribution in [3.05, 3.63) is 51.9 Å². The van der Waals surface area contributed by atoms with Gasteiger partial charge in [-0.05, 0) is 34.5 Å². The van der Waals surface area contributed by atoms with Crippen molar-refractivity contribution in [1.82, 2.24) is 13.7 Å². The normalized spacial score (nSPS) is 22.0. The van der Waals surface area contributed by atoms with Gasteiger partial charge in [0.15, 0.2) is 10.2 Å². The average molecular weight is 398 g/mol. The number of aliphatic hydroxyl groups excluding tert-OH is 1. The van der Waals surface area contributed by atoms with Crippen LogP contribution in [-0.4, -0.2) is 46.9 Å². The topological polar surface area (TPSA) is 74.9 Å². The Morgan fingerprint density at radius 1 is 1.32 bits per heavy atom. The molecule has 0 bridgehead atoms. The Morgan fingerprint density at radius 3 is 2.88 bits per heavy atom. The van der Waals surface area contributed by atoms with Crippen molar-refractivity contribution in [3.8, 4) is 0 Å². The first-order valence-corrected chi connectivity index (χ1v) is 10.5. The van der Waals surface area contributed by atoms with Gasteiger partial charge >= 0.3 is 0 Å². The quantitative estimate of drug-likeness (QED) is 0.733. The molecule has 0 saturated carbocycles. The fourth-order valence-corrected chi connectivity index (χ4v) is 6.22. The third kappa shape index (κ3) is 2.78. The van der Waals surface area contributed by atoms with E-state index in [-0.39, 0.29) is 35.2 Å². The minimum atomic E-state index is -3.83. The molecule has 1 saturated heterocycles. The zero-order chi connectivity index (χ0) is 17.6. The van der Waals surface area contributed by atoms with Gasteiger partial charge in [-0.15, -0.1) is 0 Å². The van der Waals surface area contributed by atoms with E-state index in [1.54, 1.807) is 35.7 Å². The largest absolute Gasteiger partial charge is 0.396 e. The van der Waals surface area contributed by atoms with Crippen LogP contribution in [0.2, 0.25) is 5.15 Å². The standard InChI is InChI=1S/C16H16ClN3O3S2/c17-15-16(20-5-2-1-3-14(20)18-15)25(22,23)19-7-12(9-21)13(8-19)11-4-6-24-10-11/h1-6,10,12-13,21H,7-9H2/t12-,13-/m1/s1. The van der Waals surface area contributed by atoms with Crippen molar-refractivity contribution in [2.45, 2.75) is 10.9 Å². The van der Waals surface area contributed by atoms with Crippen LogP contribution in [0.5, 0.6) is 0 Å². The summed E-state index contributed by atoms with van der Waals surface area (Å²) < 4.78 is 29.3. The van der Waals surface area contributed by atoms with Crippen LogP contribution in [0.15, 0.2) is 46.2 Å². The predicted molar refractivity (Wildman–Crippen MR) is 96.6 cm³/mol. The van der Waals surface area contributed by atoms with E-state index in [0.717, 1.165) is 5.56 Å². The molecule has 1 fully saturated rings. The maximum Gasteiger partial charge on any atom is 0.262 e. The third-order valence-corrected chi connectivity index (χ3v) is 7.58. The third-order valence-electron chi connectivity index (χ3n) is 4.64.